The van der Waals surface area contributed by atoms with Gasteiger partial charge in [0.15, 0.2) is 5.82 Å². The summed E-state index contributed by atoms with van der Waals surface area (Å²) in [5.74, 6) is -3.14. The van der Waals surface area contributed by atoms with Crippen LogP contribution in [0.15, 0.2) is 59.5 Å². The van der Waals surface area contributed by atoms with Crippen LogP contribution in [0.25, 0.3) is 0 Å². The summed E-state index contributed by atoms with van der Waals surface area (Å²) in [6.07, 6.45) is 2.39. The zero-order valence-corrected chi connectivity index (χ0v) is 22.1. The maximum atomic E-state index is 14.9. The van der Waals surface area contributed by atoms with Crippen molar-refractivity contribution < 1.29 is 23.8 Å². The van der Waals surface area contributed by atoms with E-state index in [-0.39, 0.29) is 47.4 Å². The number of fused-ring (bicyclic) bond motifs is 1. The summed E-state index contributed by atoms with van der Waals surface area (Å²) >= 11 is 0. The van der Waals surface area contributed by atoms with Gasteiger partial charge in [-0.1, -0.05) is 18.2 Å². The summed E-state index contributed by atoms with van der Waals surface area (Å²) in [5.41, 5.74) is 7.36. The van der Waals surface area contributed by atoms with Crippen molar-refractivity contribution in [2.45, 2.75) is 38.3 Å². The average molecular weight is 563 g/mol. The number of phenolic OH excluding ortho intramolecular Hbond substituents is 2. The van der Waals surface area contributed by atoms with E-state index in [1.807, 2.05) is 0 Å². The number of hydrogen-bond acceptors (Lipinski definition) is 8. The smallest absolute Gasteiger partial charge is 0.294 e. The summed E-state index contributed by atoms with van der Waals surface area (Å²) in [6, 6.07) is 9.69. The number of aromatic hydroxyl groups is 2. The highest BCUT2D eigenvalue weighted by Gasteiger charge is 2.31. The number of hydrogen-bond donors (Lipinski definition) is 5. The fraction of sp³-hybridized carbons (Fsp3) is 0.241. The third-order valence-corrected chi connectivity index (χ3v) is 7.22. The number of nitrogens with two attached hydrogens (primary N) is 1. The summed E-state index contributed by atoms with van der Waals surface area (Å²) < 4.78 is 31.1. The molecule has 3 heterocycles. The Morgan fingerprint density at radius 3 is 2.37 bits per heavy atom. The van der Waals surface area contributed by atoms with Crippen molar-refractivity contribution in [2.24, 2.45) is 0 Å². The van der Waals surface area contributed by atoms with Crippen LogP contribution in [0.1, 0.15) is 46.5 Å². The highest BCUT2D eigenvalue weighted by Crippen LogP contribution is 2.32. The van der Waals surface area contributed by atoms with Crippen molar-refractivity contribution >= 4 is 17.5 Å². The number of pyridine rings is 1. The second kappa shape index (κ2) is 11.2. The Balaban J connectivity index is 1.39. The molecule has 1 amide bonds. The molecule has 0 saturated heterocycles. The molecule has 1 atom stereocenters. The average Bonchev–Trinajstić information content (AvgIpc) is 3.36. The molecule has 0 saturated carbocycles. The molecule has 0 aliphatic carbocycles. The van der Waals surface area contributed by atoms with Crippen molar-refractivity contribution in [1.82, 2.24) is 19.9 Å². The van der Waals surface area contributed by atoms with Crippen molar-refractivity contribution in [3.8, 4) is 11.5 Å². The number of aryl methyl sites for hydroxylation is 2. The molecule has 41 heavy (non-hydrogen) atoms. The maximum absolute atomic E-state index is 14.9. The Labute approximate surface area is 233 Å². The molecular formula is C29H28F2N6O4. The number of nitrogens with one attached hydrogen (secondary N) is 2. The lowest BCUT2D eigenvalue weighted by atomic mass is 9.90. The number of amides is 1. The first kappa shape index (κ1) is 27.6. The first-order chi connectivity index (χ1) is 19.6. The van der Waals surface area contributed by atoms with E-state index in [1.54, 1.807) is 19.1 Å². The fourth-order valence-corrected chi connectivity index (χ4v) is 5.09. The molecule has 2 aromatic carbocycles. The van der Waals surface area contributed by atoms with Crippen LogP contribution in [0, 0.1) is 18.6 Å². The van der Waals surface area contributed by atoms with E-state index < -0.39 is 29.2 Å². The molecule has 6 N–H and O–H groups in total. The predicted molar refractivity (Wildman–Crippen MR) is 148 cm³/mol. The van der Waals surface area contributed by atoms with Gasteiger partial charge >= 0.3 is 0 Å². The Hall–Kier alpha value is -5.00. The molecule has 1 aliphatic heterocycles. The van der Waals surface area contributed by atoms with Crippen LogP contribution in [0.5, 0.6) is 11.5 Å². The number of phenols is 2. The number of halogens is 2. The van der Waals surface area contributed by atoms with E-state index in [0.717, 1.165) is 17.7 Å². The molecular weight excluding hydrogens is 534 g/mol. The molecule has 12 heteroatoms. The molecule has 0 unspecified atom stereocenters. The van der Waals surface area contributed by atoms with E-state index in [0.29, 0.717) is 30.0 Å². The number of benzene rings is 2. The normalized spacial score (nSPS) is 14.2. The first-order valence-electron chi connectivity index (χ1n) is 12.9. The van der Waals surface area contributed by atoms with E-state index in [1.165, 1.54) is 35.0 Å². The lowest BCUT2D eigenvalue weighted by molar-refractivity contribution is -0.124. The second-order valence-corrected chi connectivity index (χ2v) is 9.87. The highest BCUT2D eigenvalue weighted by molar-refractivity contribution is 5.81. The molecule has 212 valence electrons. The van der Waals surface area contributed by atoms with Crippen LogP contribution in [0.4, 0.5) is 20.4 Å². The Morgan fingerprint density at radius 1 is 1.10 bits per heavy atom. The maximum Gasteiger partial charge on any atom is 0.294 e. The number of aromatic nitrogens is 3. The zero-order chi connectivity index (χ0) is 29.3. The third-order valence-electron chi connectivity index (χ3n) is 7.22. The first-order valence-corrected chi connectivity index (χ1v) is 12.9. The van der Waals surface area contributed by atoms with Crippen LogP contribution in [-0.4, -0.2) is 37.2 Å². The minimum absolute atomic E-state index is 0.0610. The lowest BCUT2D eigenvalue weighted by Crippen LogP contribution is -2.36. The summed E-state index contributed by atoms with van der Waals surface area (Å²) in [5, 5.41) is 25.1. The van der Waals surface area contributed by atoms with Crippen molar-refractivity contribution in [1.29, 1.82) is 0 Å². The van der Waals surface area contributed by atoms with Gasteiger partial charge in [0.1, 0.15) is 35.0 Å². The molecule has 5 rings (SSSR count). The lowest BCUT2D eigenvalue weighted by Gasteiger charge is -2.21. The molecule has 2 aromatic heterocycles. The van der Waals surface area contributed by atoms with Gasteiger partial charge in [0.05, 0.1) is 0 Å². The number of carbonyl (C=O) groups excluding carboxylic acids is 1. The Bertz CT molecular complexity index is 1640. The van der Waals surface area contributed by atoms with E-state index in [9.17, 15) is 28.6 Å². The van der Waals surface area contributed by atoms with Gasteiger partial charge in [-0.3, -0.25) is 14.2 Å². The van der Waals surface area contributed by atoms with E-state index >= 15 is 0 Å². The number of rotatable bonds is 8. The molecule has 1 aliphatic rings. The SMILES string of the molecule is Cc1nc(N)ccc1CNC(=O)[C@@H]1CCc2cnc(NCC(c3ccc(O)cc3F)c3ccc(O)cc3F)c(=O)n21. The number of carbonyl (C=O) groups is 1. The van der Waals surface area contributed by atoms with Crippen molar-refractivity contribution in [3.05, 3.63) is 105 Å². The van der Waals surface area contributed by atoms with Crippen molar-refractivity contribution in [2.75, 3.05) is 17.6 Å². The summed E-state index contributed by atoms with van der Waals surface area (Å²) in [4.78, 5) is 35.0. The van der Waals surface area contributed by atoms with Gasteiger partial charge in [-0.25, -0.2) is 18.7 Å². The highest BCUT2D eigenvalue weighted by atomic mass is 19.1. The molecule has 0 radical (unpaired) electrons. The number of nitrogen functional groups attached to an aromatic ring is 1. The van der Waals surface area contributed by atoms with Gasteiger partial charge in [0.2, 0.25) is 5.91 Å². The molecule has 0 spiro atoms. The van der Waals surface area contributed by atoms with Gasteiger partial charge in [-0.15, -0.1) is 0 Å². The quantitative estimate of drug-likeness (QED) is 0.219. The number of nitrogens with zero attached hydrogens (tertiary/aromatic N) is 3. The predicted octanol–water partition coefficient (Wildman–Crippen LogP) is 3.27. The minimum Gasteiger partial charge on any atom is -0.508 e. The Morgan fingerprint density at radius 2 is 1.76 bits per heavy atom. The van der Waals surface area contributed by atoms with Gasteiger partial charge in [0.25, 0.3) is 5.56 Å². The molecule has 0 fully saturated rings. The largest absolute Gasteiger partial charge is 0.508 e. The van der Waals surface area contributed by atoms with Crippen LogP contribution in [0.3, 0.4) is 0 Å². The molecule has 0 bridgehead atoms. The Kier molecular flexibility index (Phi) is 7.56. The van der Waals surface area contributed by atoms with Crippen molar-refractivity contribution in [3.63, 3.8) is 0 Å². The van der Waals surface area contributed by atoms with Crippen LogP contribution in [-0.2, 0) is 17.8 Å². The van der Waals surface area contributed by atoms with Crippen LogP contribution < -0.4 is 21.9 Å². The minimum atomic E-state index is -0.952. The zero-order valence-electron chi connectivity index (χ0n) is 22.1. The molecule has 4 aromatic rings. The molecule has 10 nitrogen and oxygen atoms in total. The monoisotopic (exact) mass is 562 g/mol. The van der Waals surface area contributed by atoms with E-state index in [4.69, 9.17) is 5.73 Å². The van der Waals surface area contributed by atoms with Gasteiger partial charge in [-0.05, 0) is 54.7 Å². The van der Waals surface area contributed by atoms with Crippen LogP contribution >= 0.6 is 0 Å². The van der Waals surface area contributed by atoms with Gasteiger partial charge in [-0.2, -0.15) is 0 Å². The fourth-order valence-electron chi connectivity index (χ4n) is 5.09. The summed E-state index contributed by atoms with van der Waals surface area (Å²) in [7, 11) is 0. The number of anilines is 2. The topological polar surface area (TPSA) is 155 Å². The van der Waals surface area contributed by atoms with Gasteiger partial charge < -0.3 is 26.6 Å². The van der Waals surface area contributed by atoms with E-state index in [2.05, 4.69) is 20.6 Å². The second-order valence-electron chi connectivity index (χ2n) is 9.87. The summed E-state index contributed by atoms with van der Waals surface area (Å²) in [6.45, 7) is 1.86. The van der Waals surface area contributed by atoms with Gasteiger partial charge in [0, 0.05) is 48.7 Å². The standard InChI is InChI=1S/C29H28F2N6O4/c1-15-16(2-9-26(32)36-15)12-35-28(40)25-8-3-17-13-33-27(29(41)37(17)25)34-14-22(20-6-4-18(38)10-23(20)30)21-7-5-19(39)11-24(21)31/h2,4-7,9-11,13,22,25,38-39H,3,8,12,14H2,1H3,(H2,32,36)(H,33,34)(H,35,40)/t25-/m0/s1. The van der Waals surface area contributed by atoms with Crippen LogP contribution in [0.2, 0.25) is 0 Å². The third kappa shape index (κ3) is 5.67.